The maximum atomic E-state index is 11.7. The zero-order chi connectivity index (χ0) is 16.3. The van der Waals surface area contributed by atoms with E-state index in [1.54, 1.807) is 6.20 Å². The molecule has 3 rings (SSSR count). The number of aromatic amines is 1. The van der Waals surface area contributed by atoms with Crippen molar-refractivity contribution in [2.24, 2.45) is 5.73 Å². The summed E-state index contributed by atoms with van der Waals surface area (Å²) in [4.78, 5) is 24.5. The number of fused-ring (bicyclic) bond motifs is 1. The fourth-order valence-electron chi connectivity index (χ4n) is 2.11. The molecule has 0 saturated carbocycles. The number of aromatic nitrogens is 3. The van der Waals surface area contributed by atoms with Crippen LogP contribution in [0.5, 0.6) is 0 Å². The lowest BCUT2D eigenvalue weighted by Gasteiger charge is -2.48. The number of aliphatic hydroxyl groups excluding tert-OH is 1. The van der Waals surface area contributed by atoms with Gasteiger partial charge in [0.1, 0.15) is 22.1 Å². The minimum Gasteiger partial charge on any atom is -0.477 e. The molecule has 3 heterocycles. The van der Waals surface area contributed by atoms with E-state index in [0.717, 1.165) is 7.11 Å². The highest BCUT2D eigenvalue weighted by molar-refractivity contribution is 8.01. The molecular weight excluding hydrogens is 330 g/mol. The summed E-state index contributed by atoms with van der Waals surface area (Å²) in [6.45, 7) is 0. The molecule has 0 spiro atoms. The number of hydrogen-bond donors (Lipinski definition) is 4. The van der Waals surface area contributed by atoms with E-state index in [0.29, 0.717) is 22.1 Å². The van der Waals surface area contributed by atoms with Crippen LogP contribution in [0.15, 0.2) is 22.5 Å². The highest BCUT2D eigenvalue weighted by Gasteiger charge is 2.51. The third kappa shape index (κ3) is 2.97. The summed E-state index contributed by atoms with van der Waals surface area (Å²) < 4.78 is 0. The van der Waals surface area contributed by atoms with Crippen LogP contribution in [-0.4, -0.2) is 72.4 Å². The predicted octanol–water partition coefficient (Wildman–Crippen LogP) is -0.914. The van der Waals surface area contributed by atoms with E-state index < -0.39 is 12.0 Å². The molecule has 0 radical (unpaired) electrons. The SMILES string of the molecule is CO.NC1C(=O)N2C(C(=O)O)=C(CSc3cn[nH]n3)CS[C@H]12. The lowest BCUT2D eigenvalue weighted by molar-refractivity contribution is -0.147. The first-order chi connectivity index (χ1) is 10.6. The second kappa shape index (κ2) is 7.13. The summed E-state index contributed by atoms with van der Waals surface area (Å²) in [6, 6.07) is -0.598. The largest absolute Gasteiger partial charge is 0.477 e. The fourth-order valence-corrected chi connectivity index (χ4v) is 4.33. The quantitative estimate of drug-likeness (QED) is 0.402. The van der Waals surface area contributed by atoms with Gasteiger partial charge in [0.15, 0.2) is 0 Å². The highest BCUT2D eigenvalue weighted by Crippen LogP contribution is 2.40. The summed E-state index contributed by atoms with van der Waals surface area (Å²) in [6.07, 6.45) is 1.56. The van der Waals surface area contributed by atoms with E-state index in [4.69, 9.17) is 10.8 Å². The number of amides is 1. The molecule has 0 aromatic carbocycles. The van der Waals surface area contributed by atoms with Crippen LogP contribution < -0.4 is 5.73 Å². The molecule has 11 heteroatoms. The van der Waals surface area contributed by atoms with Gasteiger partial charge in [-0.25, -0.2) is 4.79 Å². The topological polar surface area (TPSA) is 145 Å². The molecule has 0 aliphatic carbocycles. The highest BCUT2D eigenvalue weighted by atomic mass is 32.2. The number of carbonyl (C=O) groups excluding carboxylic acids is 1. The monoisotopic (exact) mass is 345 g/mol. The van der Waals surface area contributed by atoms with Crippen molar-refractivity contribution in [3.8, 4) is 0 Å². The van der Waals surface area contributed by atoms with Gasteiger partial charge in [0, 0.05) is 18.6 Å². The first-order valence-electron chi connectivity index (χ1n) is 6.18. The molecule has 2 aliphatic rings. The van der Waals surface area contributed by atoms with Crippen molar-refractivity contribution in [2.75, 3.05) is 18.6 Å². The average Bonchev–Trinajstić information content (AvgIpc) is 3.06. The van der Waals surface area contributed by atoms with E-state index in [1.165, 1.54) is 28.4 Å². The van der Waals surface area contributed by atoms with Crippen molar-refractivity contribution in [3.63, 3.8) is 0 Å². The van der Waals surface area contributed by atoms with Crippen molar-refractivity contribution in [1.29, 1.82) is 0 Å². The molecule has 2 aliphatic heterocycles. The Morgan fingerprint density at radius 1 is 1.64 bits per heavy atom. The summed E-state index contributed by atoms with van der Waals surface area (Å²) in [5.74, 6) is -0.420. The Hall–Kier alpha value is -1.56. The number of carbonyl (C=O) groups is 2. The maximum absolute atomic E-state index is 11.7. The van der Waals surface area contributed by atoms with E-state index in [9.17, 15) is 14.7 Å². The molecule has 1 fully saturated rings. The first-order valence-corrected chi connectivity index (χ1v) is 8.22. The van der Waals surface area contributed by atoms with Crippen LogP contribution in [0.1, 0.15) is 0 Å². The van der Waals surface area contributed by atoms with Gasteiger partial charge in [0.2, 0.25) is 5.91 Å². The Kier molecular flexibility index (Phi) is 5.45. The third-order valence-corrected chi connectivity index (χ3v) is 5.42. The van der Waals surface area contributed by atoms with Gasteiger partial charge in [-0.1, -0.05) is 11.8 Å². The molecule has 22 heavy (non-hydrogen) atoms. The minimum atomic E-state index is -1.09. The van der Waals surface area contributed by atoms with Crippen LogP contribution >= 0.6 is 23.5 Å². The average molecular weight is 345 g/mol. The van der Waals surface area contributed by atoms with Gasteiger partial charge in [-0.05, 0) is 5.57 Å². The Morgan fingerprint density at radius 3 is 2.95 bits per heavy atom. The van der Waals surface area contributed by atoms with Crippen molar-refractivity contribution in [2.45, 2.75) is 16.4 Å². The summed E-state index contributed by atoms with van der Waals surface area (Å²) in [7, 11) is 1.00. The van der Waals surface area contributed by atoms with Gasteiger partial charge in [-0.3, -0.25) is 9.69 Å². The number of thioether (sulfide) groups is 2. The normalized spacial score (nSPS) is 23.4. The van der Waals surface area contributed by atoms with E-state index >= 15 is 0 Å². The zero-order valence-corrected chi connectivity index (χ0v) is 13.2. The Bertz CT molecular complexity index is 591. The lowest BCUT2D eigenvalue weighted by atomic mass is 10.0. The van der Waals surface area contributed by atoms with Crippen molar-refractivity contribution >= 4 is 35.4 Å². The molecular formula is C11H15N5O4S2. The Morgan fingerprint density at radius 2 is 2.36 bits per heavy atom. The van der Waals surface area contributed by atoms with Crippen molar-refractivity contribution < 1.29 is 19.8 Å². The molecule has 120 valence electrons. The number of nitrogens with one attached hydrogen (secondary N) is 1. The zero-order valence-electron chi connectivity index (χ0n) is 11.6. The van der Waals surface area contributed by atoms with Crippen LogP contribution in [0.2, 0.25) is 0 Å². The molecule has 1 aromatic heterocycles. The summed E-state index contributed by atoms with van der Waals surface area (Å²) in [5, 5.41) is 26.8. The number of carboxylic acids is 1. The maximum Gasteiger partial charge on any atom is 0.352 e. The smallest absolute Gasteiger partial charge is 0.352 e. The Labute approximate surface area is 134 Å². The van der Waals surface area contributed by atoms with Gasteiger partial charge in [0.05, 0.1) is 6.20 Å². The minimum absolute atomic E-state index is 0.0662. The number of H-pyrrole nitrogens is 1. The second-order valence-corrected chi connectivity index (χ2v) is 6.39. The molecule has 1 aromatic rings. The van der Waals surface area contributed by atoms with Crippen LogP contribution in [0.4, 0.5) is 0 Å². The van der Waals surface area contributed by atoms with Crippen LogP contribution in [0, 0.1) is 0 Å². The molecule has 1 saturated heterocycles. The first kappa shape index (κ1) is 16.8. The number of nitrogens with zero attached hydrogens (tertiary/aromatic N) is 3. The molecule has 9 nitrogen and oxygen atoms in total. The predicted molar refractivity (Wildman–Crippen MR) is 81.0 cm³/mol. The summed E-state index contributed by atoms with van der Waals surface area (Å²) in [5.41, 5.74) is 6.45. The number of nitrogens with two attached hydrogens (primary N) is 1. The van der Waals surface area contributed by atoms with Crippen molar-refractivity contribution in [3.05, 3.63) is 17.5 Å². The van der Waals surface area contributed by atoms with E-state index in [1.807, 2.05) is 0 Å². The number of aliphatic carboxylic acids is 1. The molecule has 2 atom stereocenters. The summed E-state index contributed by atoms with van der Waals surface area (Å²) >= 11 is 2.87. The number of aliphatic hydroxyl groups is 1. The standard InChI is InChI=1S/C10H11N5O3S2.CH4O/c11-6-8(16)15-7(10(17)18)4(3-20-9(6)15)2-19-5-1-12-14-13-5;1-2/h1,6,9H,2-3,11H2,(H,17,18)(H,12,13,14);2H,1H3/t6?,9-;/m1./s1. The molecule has 1 amide bonds. The number of hydrogen-bond acceptors (Lipinski definition) is 8. The van der Waals surface area contributed by atoms with Gasteiger partial charge in [-0.2, -0.15) is 10.3 Å². The van der Waals surface area contributed by atoms with Crippen molar-refractivity contribution in [1.82, 2.24) is 20.3 Å². The van der Waals surface area contributed by atoms with Gasteiger partial charge in [0.25, 0.3) is 0 Å². The number of rotatable bonds is 4. The lowest BCUT2D eigenvalue weighted by Crippen LogP contribution is -2.68. The van der Waals surface area contributed by atoms with Gasteiger partial charge < -0.3 is 15.9 Å². The van der Waals surface area contributed by atoms with Gasteiger partial charge in [-0.15, -0.1) is 16.9 Å². The number of carboxylic acid groups (broad SMARTS) is 1. The second-order valence-electron chi connectivity index (χ2n) is 4.29. The van der Waals surface area contributed by atoms with E-state index in [-0.39, 0.29) is 17.0 Å². The molecule has 0 bridgehead atoms. The third-order valence-electron chi connectivity index (χ3n) is 3.08. The molecule has 5 N–H and O–H groups in total. The van der Waals surface area contributed by atoms with Crippen LogP contribution in [-0.2, 0) is 9.59 Å². The van der Waals surface area contributed by atoms with E-state index in [2.05, 4.69) is 15.4 Å². The van der Waals surface area contributed by atoms with Gasteiger partial charge >= 0.3 is 5.97 Å². The fraction of sp³-hybridized carbons (Fsp3) is 0.455. The molecule has 1 unspecified atom stereocenters. The Balaban J connectivity index is 0.000000847. The van der Waals surface area contributed by atoms with Crippen LogP contribution in [0.25, 0.3) is 0 Å². The van der Waals surface area contributed by atoms with Crippen LogP contribution in [0.3, 0.4) is 0 Å². The number of β-lactam (4-membered cyclic amide) rings is 1.